The molecular weight excluding hydrogens is 755 g/mol. The van der Waals surface area contributed by atoms with E-state index in [-0.39, 0.29) is 32.2 Å². The summed E-state index contributed by atoms with van der Waals surface area (Å²) in [5.74, 6) is -2.30. The van der Waals surface area contributed by atoms with Gasteiger partial charge < -0.3 is 33.3 Å². The van der Waals surface area contributed by atoms with Gasteiger partial charge in [-0.1, -0.05) is 184 Å². The molecule has 0 heterocycles. The number of unbranched alkanes of at least 4 members (excludes halogenated alkanes) is 21. The van der Waals surface area contributed by atoms with Gasteiger partial charge in [0.1, 0.15) is 13.2 Å². The molecule has 0 saturated heterocycles. The maximum Gasteiger partial charge on any atom is 0.306 e. The molecule has 0 fully saturated rings. The zero-order valence-corrected chi connectivity index (χ0v) is 39.3. The molecule has 2 atom stereocenters. The number of carboxylic acids is 1. The minimum Gasteiger partial charge on any atom is -0.545 e. The molecule has 0 aliphatic heterocycles. The van der Waals surface area contributed by atoms with Crippen LogP contribution in [0.2, 0.25) is 0 Å². The van der Waals surface area contributed by atoms with Crippen molar-refractivity contribution < 1.29 is 42.9 Å². The van der Waals surface area contributed by atoms with Crippen LogP contribution in [0.5, 0.6) is 0 Å². The highest BCUT2D eigenvalue weighted by Gasteiger charge is 2.21. The van der Waals surface area contributed by atoms with Crippen LogP contribution in [0.15, 0.2) is 48.6 Å². The van der Waals surface area contributed by atoms with Gasteiger partial charge in [0.05, 0.1) is 40.3 Å². The Morgan fingerprint density at radius 1 is 0.517 bits per heavy atom. The third-order valence-electron chi connectivity index (χ3n) is 10.3. The Bertz CT molecular complexity index is 1120. The molecule has 348 valence electrons. The van der Waals surface area contributed by atoms with Gasteiger partial charge >= 0.3 is 11.9 Å². The van der Waals surface area contributed by atoms with Gasteiger partial charge in [0.25, 0.3) is 0 Å². The lowest BCUT2D eigenvalue weighted by molar-refractivity contribution is -0.870. The van der Waals surface area contributed by atoms with E-state index in [0.717, 1.165) is 83.5 Å². The van der Waals surface area contributed by atoms with E-state index < -0.39 is 24.3 Å². The van der Waals surface area contributed by atoms with Crippen molar-refractivity contribution in [2.24, 2.45) is 0 Å². The van der Waals surface area contributed by atoms with Crippen molar-refractivity contribution in [1.29, 1.82) is 0 Å². The van der Waals surface area contributed by atoms with Gasteiger partial charge in [-0.25, -0.2) is 0 Å². The van der Waals surface area contributed by atoms with E-state index >= 15 is 0 Å². The molecule has 9 nitrogen and oxygen atoms in total. The highest BCUT2D eigenvalue weighted by atomic mass is 16.7. The van der Waals surface area contributed by atoms with E-state index in [0.29, 0.717) is 23.9 Å². The summed E-state index contributed by atoms with van der Waals surface area (Å²) in [6, 6.07) is 0. The molecule has 0 aromatic carbocycles. The summed E-state index contributed by atoms with van der Waals surface area (Å²) in [5.41, 5.74) is 0. The van der Waals surface area contributed by atoms with Crippen molar-refractivity contribution in [2.75, 3.05) is 47.5 Å². The fourth-order valence-corrected chi connectivity index (χ4v) is 6.59. The third kappa shape index (κ3) is 43.3. The van der Waals surface area contributed by atoms with Gasteiger partial charge in [0.15, 0.2) is 12.4 Å². The van der Waals surface area contributed by atoms with Gasteiger partial charge in [-0.2, -0.15) is 0 Å². The average molecular weight is 846 g/mol. The van der Waals surface area contributed by atoms with Crippen LogP contribution in [-0.4, -0.2) is 82.3 Å². The lowest BCUT2D eigenvalue weighted by atomic mass is 10.0. The number of aliphatic carboxylic acids is 1. The molecule has 0 aliphatic carbocycles. The summed E-state index contributed by atoms with van der Waals surface area (Å²) < 4.78 is 22.6. The first-order valence-corrected chi connectivity index (χ1v) is 24.3. The first-order valence-electron chi connectivity index (χ1n) is 24.3. The number of hydrogen-bond donors (Lipinski definition) is 0. The van der Waals surface area contributed by atoms with Gasteiger partial charge in [-0.15, -0.1) is 0 Å². The molecule has 9 heteroatoms. The Balaban J connectivity index is 4.41. The Labute approximate surface area is 368 Å². The van der Waals surface area contributed by atoms with Crippen LogP contribution in [-0.2, 0) is 33.3 Å². The molecule has 0 aliphatic rings. The lowest BCUT2D eigenvalue weighted by Crippen LogP contribution is -2.44. The highest BCUT2D eigenvalue weighted by Crippen LogP contribution is 2.15. The number of allylic oxidation sites excluding steroid dienone is 8. The Morgan fingerprint density at radius 3 is 1.42 bits per heavy atom. The number of likely N-dealkylation sites (N-methyl/N-ethyl adjacent to an activating group) is 1. The molecule has 0 aromatic rings. The van der Waals surface area contributed by atoms with Crippen LogP contribution in [0.25, 0.3) is 0 Å². The SMILES string of the molecule is CC/C=C\C/C=C\C/C=C\C/C=C\CCCCCCCCC(=O)OC(COC(=O)CCCCCCCCCCCCCCCCCC)COC(OCC[N+](C)(C)C)C(=O)[O-]. The average Bonchev–Trinajstić information content (AvgIpc) is 3.21. The predicted octanol–water partition coefficient (Wildman–Crippen LogP) is 11.8. The quantitative estimate of drug-likeness (QED) is 0.0196. The number of nitrogens with zero attached hydrogens (tertiary/aromatic N) is 1. The van der Waals surface area contributed by atoms with Crippen LogP contribution < -0.4 is 5.11 Å². The minimum atomic E-state index is -1.62. The van der Waals surface area contributed by atoms with Crippen molar-refractivity contribution in [3.63, 3.8) is 0 Å². The number of ether oxygens (including phenoxy) is 4. The normalized spacial score (nSPS) is 13.3. The molecule has 0 amide bonds. The second-order valence-electron chi connectivity index (χ2n) is 17.4. The van der Waals surface area contributed by atoms with E-state index in [1.165, 1.54) is 83.5 Å². The van der Waals surface area contributed by atoms with E-state index in [1.54, 1.807) is 0 Å². The van der Waals surface area contributed by atoms with Crippen molar-refractivity contribution in [1.82, 2.24) is 0 Å². The maximum atomic E-state index is 12.8. The third-order valence-corrected chi connectivity index (χ3v) is 10.3. The zero-order chi connectivity index (χ0) is 44.2. The van der Waals surface area contributed by atoms with Gasteiger partial charge in [0, 0.05) is 12.8 Å². The molecule has 0 bridgehead atoms. The molecule has 0 saturated carbocycles. The maximum absolute atomic E-state index is 12.8. The molecule has 2 unspecified atom stereocenters. The fourth-order valence-electron chi connectivity index (χ4n) is 6.59. The first-order chi connectivity index (χ1) is 29.1. The predicted molar refractivity (Wildman–Crippen MR) is 246 cm³/mol. The van der Waals surface area contributed by atoms with Crippen LogP contribution >= 0.6 is 0 Å². The molecule has 60 heavy (non-hydrogen) atoms. The summed E-state index contributed by atoms with van der Waals surface area (Å²) in [5, 5.41) is 11.7. The van der Waals surface area contributed by atoms with E-state index in [4.69, 9.17) is 18.9 Å². The number of hydrogen-bond acceptors (Lipinski definition) is 8. The van der Waals surface area contributed by atoms with Gasteiger partial charge in [-0.3, -0.25) is 9.59 Å². The lowest BCUT2D eigenvalue weighted by Gasteiger charge is -2.26. The van der Waals surface area contributed by atoms with Crippen molar-refractivity contribution in [2.45, 2.75) is 212 Å². The topological polar surface area (TPSA) is 111 Å². The summed E-state index contributed by atoms with van der Waals surface area (Å²) in [4.78, 5) is 37.1. The van der Waals surface area contributed by atoms with Gasteiger partial charge in [-0.05, 0) is 51.4 Å². The number of carbonyl (C=O) groups is 3. The number of esters is 2. The van der Waals surface area contributed by atoms with Crippen LogP contribution in [0.3, 0.4) is 0 Å². The standard InChI is InChI=1S/C51H91NO8/c1-6-8-10-12-14-16-18-20-22-24-25-26-28-30-32-34-36-38-40-42-49(54)60-47(46-59-51(50(55)56)57-44-43-52(3,4)5)45-58-48(53)41-39-37-35-33-31-29-27-23-21-19-17-15-13-11-9-7-2/h8,10,14,16,20,22,25-26,47,51H,6-7,9,11-13,15,17-19,21,23-24,27-46H2,1-5H3/b10-8-,16-14-,22-20-,26-25-. The molecule has 0 spiro atoms. The van der Waals surface area contributed by atoms with E-state index in [9.17, 15) is 19.5 Å². The molecule has 0 radical (unpaired) electrons. The Morgan fingerprint density at radius 2 is 0.950 bits per heavy atom. The van der Waals surface area contributed by atoms with Crippen LogP contribution in [0.1, 0.15) is 200 Å². The summed E-state index contributed by atoms with van der Waals surface area (Å²) in [6.45, 7) is 4.62. The summed E-state index contributed by atoms with van der Waals surface area (Å²) in [6.07, 6.45) is 47.1. The monoisotopic (exact) mass is 846 g/mol. The van der Waals surface area contributed by atoms with Crippen molar-refractivity contribution >= 4 is 17.9 Å². The summed E-state index contributed by atoms with van der Waals surface area (Å²) >= 11 is 0. The number of carboxylic acid groups (broad SMARTS) is 1. The largest absolute Gasteiger partial charge is 0.545 e. The molecular formula is C51H91NO8. The van der Waals surface area contributed by atoms with Crippen LogP contribution in [0, 0.1) is 0 Å². The van der Waals surface area contributed by atoms with Crippen LogP contribution in [0.4, 0.5) is 0 Å². The number of rotatable bonds is 44. The first kappa shape index (κ1) is 57.2. The Kier molecular flexibility index (Phi) is 41.0. The van der Waals surface area contributed by atoms with E-state index in [1.807, 2.05) is 21.1 Å². The zero-order valence-electron chi connectivity index (χ0n) is 39.3. The van der Waals surface area contributed by atoms with Crippen molar-refractivity contribution in [3.05, 3.63) is 48.6 Å². The van der Waals surface area contributed by atoms with E-state index in [2.05, 4.69) is 62.5 Å². The molecule has 0 rings (SSSR count). The second kappa shape index (κ2) is 42.9. The minimum absolute atomic E-state index is 0.144. The smallest absolute Gasteiger partial charge is 0.306 e. The Hall–Kier alpha value is -2.75. The fraction of sp³-hybridized carbons (Fsp3) is 0.784. The number of carbonyl (C=O) groups excluding carboxylic acids is 3. The number of quaternary nitrogens is 1. The highest BCUT2D eigenvalue weighted by molar-refractivity contribution is 5.70. The van der Waals surface area contributed by atoms with Gasteiger partial charge in [0.2, 0.25) is 0 Å². The summed E-state index contributed by atoms with van der Waals surface area (Å²) in [7, 11) is 5.91. The van der Waals surface area contributed by atoms with Crippen molar-refractivity contribution in [3.8, 4) is 0 Å². The second-order valence-corrected chi connectivity index (χ2v) is 17.4. The molecule has 0 aromatic heterocycles. The molecule has 0 N–H and O–H groups in total.